The first kappa shape index (κ1) is 25.1. The SMILES string of the molecule is CCCCCCCCCCCCCCC(O)CC.O=S(=O)(O)O. The molecule has 0 amide bonds. The predicted molar refractivity (Wildman–Crippen MR) is 96.2 cm³/mol. The fraction of sp³-hybridized carbons (Fsp3) is 1.00. The average Bonchev–Trinajstić information content (AvgIpc) is 2.46. The Morgan fingerprint density at radius 2 is 1.00 bits per heavy atom. The molecule has 23 heavy (non-hydrogen) atoms. The van der Waals surface area contributed by atoms with E-state index in [2.05, 4.69) is 13.8 Å². The zero-order valence-electron chi connectivity index (χ0n) is 15.0. The Kier molecular flexibility index (Phi) is 19.8. The molecule has 0 aliphatic carbocycles. The molecule has 1 unspecified atom stereocenters. The lowest BCUT2D eigenvalue weighted by Gasteiger charge is -2.06. The van der Waals surface area contributed by atoms with E-state index in [1.54, 1.807) is 0 Å². The van der Waals surface area contributed by atoms with E-state index in [0.29, 0.717) is 0 Å². The highest BCUT2D eigenvalue weighted by atomic mass is 32.3. The highest BCUT2D eigenvalue weighted by molar-refractivity contribution is 7.79. The molecule has 0 radical (unpaired) electrons. The van der Waals surface area contributed by atoms with Gasteiger partial charge in [0.15, 0.2) is 0 Å². The van der Waals surface area contributed by atoms with Crippen LogP contribution in [0.5, 0.6) is 0 Å². The molecule has 0 aromatic carbocycles. The summed E-state index contributed by atoms with van der Waals surface area (Å²) in [7, 11) is -4.67. The van der Waals surface area contributed by atoms with Crippen LogP contribution in [-0.2, 0) is 10.4 Å². The van der Waals surface area contributed by atoms with Crippen LogP contribution in [0, 0.1) is 0 Å². The molecule has 0 rings (SSSR count). The summed E-state index contributed by atoms with van der Waals surface area (Å²) in [6, 6.07) is 0. The van der Waals surface area contributed by atoms with E-state index in [0.717, 1.165) is 12.8 Å². The third-order valence-electron chi connectivity index (χ3n) is 3.86. The zero-order chi connectivity index (χ0) is 18.0. The van der Waals surface area contributed by atoms with E-state index in [9.17, 15) is 5.11 Å². The van der Waals surface area contributed by atoms with E-state index in [1.807, 2.05) is 0 Å². The van der Waals surface area contributed by atoms with Crippen molar-refractivity contribution in [1.82, 2.24) is 0 Å². The predicted octanol–water partition coefficient (Wildman–Crippen LogP) is 5.20. The maximum Gasteiger partial charge on any atom is 0.394 e. The molecule has 0 aromatic heterocycles. The van der Waals surface area contributed by atoms with Crippen LogP contribution in [0.1, 0.15) is 104 Å². The topological polar surface area (TPSA) is 94.8 Å². The van der Waals surface area contributed by atoms with E-state index in [-0.39, 0.29) is 6.10 Å². The van der Waals surface area contributed by atoms with Crippen molar-refractivity contribution in [3.8, 4) is 0 Å². The van der Waals surface area contributed by atoms with Gasteiger partial charge in [-0.2, -0.15) is 8.42 Å². The second kappa shape index (κ2) is 18.2. The summed E-state index contributed by atoms with van der Waals surface area (Å²) in [4.78, 5) is 0. The first-order valence-electron chi connectivity index (χ1n) is 9.19. The van der Waals surface area contributed by atoms with E-state index in [1.165, 1.54) is 77.0 Å². The Morgan fingerprint density at radius 3 is 1.30 bits per heavy atom. The fourth-order valence-corrected chi connectivity index (χ4v) is 2.43. The number of aliphatic hydroxyl groups is 1. The summed E-state index contributed by atoms with van der Waals surface area (Å²) in [5, 5.41) is 9.42. The molecule has 0 fully saturated rings. The van der Waals surface area contributed by atoms with Gasteiger partial charge in [0.05, 0.1) is 6.10 Å². The lowest BCUT2D eigenvalue weighted by molar-refractivity contribution is 0.156. The quantitative estimate of drug-likeness (QED) is 0.294. The summed E-state index contributed by atoms with van der Waals surface area (Å²) in [5.74, 6) is 0. The van der Waals surface area contributed by atoms with Crippen molar-refractivity contribution in [3.05, 3.63) is 0 Å². The fourth-order valence-electron chi connectivity index (χ4n) is 2.43. The summed E-state index contributed by atoms with van der Waals surface area (Å²) >= 11 is 0. The van der Waals surface area contributed by atoms with Gasteiger partial charge in [-0.15, -0.1) is 0 Å². The minimum absolute atomic E-state index is 0.0480. The van der Waals surface area contributed by atoms with Gasteiger partial charge in [0.1, 0.15) is 0 Å². The molecule has 0 saturated heterocycles. The number of unbranched alkanes of at least 4 members (excludes halogenated alkanes) is 11. The zero-order valence-corrected chi connectivity index (χ0v) is 15.9. The molecule has 0 saturated carbocycles. The van der Waals surface area contributed by atoms with Crippen LogP contribution in [0.25, 0.3) is 0 Å². The van der Waals surface area contributed by atoms with Crippen molar-refractivity contribution >= 4 is 10.4 Å². The number of aliphatic hydroxyl groups excluding tert-OH is 1. The Morgan fingerprint density at radius 1 is 0.696 bits per heavy atom. The molecule has 0 bridgehead atoms. The van der Waals surface area contributed by atoms with Crippen LogP contribution in [0.15, 0.2) is 0 Å². The summed E-state index contributed by atoms with van der Waals surface area (Å²) in [6.45, 7) is 4.34. The Labute approximate surface area is 143 Å². The Hall–Kier alpha value is -0.170. The second-order valence-corrected chi connectivity index (χ2v) is 7.08. The standard InChI is InChI=1S/C17H36O.H2O4S/c1-3-5-6-7-8-9-10-11-12-13-14-15-16-17(18)4-2;1-5(2,3)4/h17-18H,3-16H2,1-2H3;(H2,1,2,3,4). The molecule has 0 aliphatic rings. The van der Waals surface area contributed by atoms with Gasteiger partial charge in [-0.3, -0.25) is 9.11 Å². The number of hydrogen-bond donors (Lipinski definition) is 3. The molecule has 0 heterocycles. The lowest BCUT2D eigenvalue weighted by Crippen LogP contribution is -2.03. The number of rotatable bonds is 14. The van der Waals surface area contributed by atoms with Crippen molar-refractivity contribution in [3.63, 3.8) is 0 Å². The third-order valence-corrected chi connectivity index (χ3v) is 3.86. The van der Waals surface area contributed by atoms with Gasteiger partial charge in [0.25, 0.3) is 0 Å². The van der Waals surface area contributed by atoms with Gasteiger partial charge in [-0.05, 0) is 12.8 Å². The van der Waals surface area contributed by atoms with Crippen molar-refractivity contribution < 1.29 is 22.6 Å². The minimum Gasteiger partial charge on any atom is -0.393 e. The van der Waals surface area contributed by atoms with Crippen molar-refractivity contribution in [2.24, 2.45) is 0 Å². The lowest BCUT2D eigenvalue weighted by atomic mass is 10.0. The van der Waals surface area contributed by atoms with E-state index in [4.69, 9.17) is 17.5 Å². The molecule has 6 heteroatoms. The van der Waals surface area contributed by atoms with Crippen molar-refractivity contribution in [2.75, 3.05) is 0 Å². The van der Waals surface area contributed by atoms with E-state index >= 15 is 0 Å². The first-order chi connectivity index (χ1) is 10.8. The molecule has 0 aromatic rings. The van der Waals surface area contributed by atoms with Crippen LogP contribution < -0.4 is 0 Å². The van der Waals surface area contributed by atoms with Gasteiger partial charge in [-0.1, -0.05) is 90.9 Å². The molecular weight excluding hydrogens is 316 g/mol. The largest absolute Gasteiger partial charge is 0.394 e. The van der Waals surface area contributed by atoms with Gasteiger partial charge >= 0.3 is 10.4 Å². The molecule has 5 nitrogen and oxygen atoms in total. The summed E-state index contributed by atoms with van der Waals surface area (Å²) in [5.41, 5.74) is 0. The molecule has 0 spiro atoms. The monoisotopic (exact) mass is 354 g/mol. The normalized spacial score (nSPS) is 12.6. The molecule has 1 atom stereocenters. The van der Waals surface area contributed by atoms with Gasteiger partial charge in [-0.25, -0.2) is 0 Å². The van der Waals surface area contributed by atoms with Gasteiger partial charge in [0, 0.05) is 0 Å². The van der Waals surface area contributed by atoms with Crippen LogP contribution in [0.2, 0.25) is 0 Å². The Bertz CT molecular complexity index is 309. The van der Waals surface area contributed by atoms with Crippen LogP contribution >= 0.6 is 0 Å². The molecule has 3 N–H and O–H groups in total. The smallest absolute Gasteiger partial charge is 0.393 e. The summed E-state index contributed by atoms with van der Waals surface area (Å²) in [6.07, 6.45) is 18.6. The van der Waals surface area contributed by atoms with Crippen molar-refractivity contribution in [2.45, 2.75) is 110 Å². The van der Waals surface area contributed by atoms with Gasteiger partial charge in [0.2, 0.25) is 0 Å². The first-order valence-corrected chi connectivity index (χ1v) is 10.6. The highest BCUT2D eigenvalue weighted by Crippen LogP contribution is 2.13. The van der Waals surface area contributed by atoms with Crippen LogP contribution in [-0.4, -0.2) is 28.7 Å². The third kappa shape index (κ3) is 34.3. The minimum atomic E-state index is -4.67. The molecule has 142 valence electrons. The Balaban J connectivity index is 0. The second-order valence-electron chi connectivity index (χ2n) is 6.19. The van der Waals surface area contributed by atoms with Crippen LogP contribution in [0.4, 0.5) is 0 Å². The van der Waals surface area contributed by atoms with Crippen molar-refractivity contribution in [1.29, 1.82) is 0 Å². The molecular formula is C17H38O5S. The van der Waals surface area contributed by atoms with E-state index < -0.39 is 10.4 Å². The number of hydrogen-bond acceptors (Lipinski definition) is 3. The molecule has 0 aliphatic heterocycles. The maximum absolute atomic E-state index is 9.42. The highest BCUT2D eigenvalue weighted by Gasteiger charge is 1.99. The average molecular weight is 355 g/mol. The maximum atomic E-state index is 9.42. The van der Waals surface area contributed by atoms with Crippen LogP contribution in [0.3, 0.4) is 0 Å². The van der Waals surface area contributed by atoms with Gasteiger partial charge < -0.3 is 5.11 Å². The summed E-state index contributed by atoms with van der Waals surface area (Å²) < 4.78 is 31.6.